The van der Waals surface area contributed by atoms with Crippen LogP contribution in [0.1, 0.15) is 22.4 Å². The van der Waals surface area contributed by atoms with Gasteiger partial charge in [0.05, 0.1) is 11.4 Å². The van der Waals surface area contributed by atoms with Gasteiger partial charge in [-0.05, 0) is 66.6 Å². The number of aryl methyl sites for hydroxylation is 4. The van der Waals surface area contributed by atoms with Gasteiger partial charge in [-0.25, -0.2) is 9.37 Å². The predicted molar refractivity (Wildman–Crippen MR) is 102 cm³/mol. The van der Waals surface area contributed by atoms with Gasteiger partial charge < -0.3 is 11.5 Å². The number of nitrogen functional groups attached to an aromatic ring is 2. The number of hydrogen-bond donors (Lipinski definition) is 2. The molecule has 4 heteroatoms. The van der Waals surface area contributed by atoms with Crippen LogP contribution in [0.25, 0.3) is 11.1 Å². The molecule has 0 saturated carbocycles. The smallest absolute Gasteiger partial charge is 0.126 e. The monoisotopic (exact) mass is 335 g/mol. The zero-order valence-corrected chi connectivity index (χ0v) is 14.5. The fourth-order valence-corrected chi connectivity index (χ4v) is 2.90. The number of rotatable bonds is 4. The summed E-state index contributed by atoms with van der Waals surface area (Å²) in [5.74, 6) is 0.321. The van der Waals surface area contributed by atoms with Gasteiger partial charge in [-0.3, -0.25) is 0 Å². The molecular weight excluding hydrogens is 313 g/mol. The molecule has 0 bridgehead atoms. The highest BCUT2D eigenvalue weighted by Crippen LogP contribution is 2.24. The van der Waals surface area contributed by atoms with Crippen LogP contribution in [-0.2, 0) is 12.8 Å². The molecule has 3 nitrogen and oxygen atoms in total. The van der Waals surface area contributed by atoms with Crippen LogP contribution in [0.2, 0.25) is 0 Å². The van der Waals surface area contributed by atoms with E-state index in [1.807, 2.05) is 31.2 Å². The maximum Gasteiger partial charge on any atom is 0.126 e. The Labute approximate surface area is 147 Å². The number of anilines is 2. The van der Waals surface area contributed by atoms with Crippen molar-refractivity contribution in [1.82, 2.24) is 4.98 Å². The summed E-state index contributed by atoms with van der Waals surface area (Å²) >= 11 is 0. The summed E-state index contributed by atoms with van der Waals surface area (Å²) in [6.07, 6.45) is 1.66. The number of halogens is 1. The van der Waals surface area contributed by atoms with E-state index in [4.69, 9.17) is 11.5 Å². The third-order valence-electron chi connectivity index (χ3n) is 4.50. The Morgan fingerprint density at radius 1 is 0.880 bits per heavy atom. The Hall–Kier alpha value is -2.88. The minimum atomic E-state index is -0.178. The van der Waals surface area contributed by atoms with Gasteiger partial charge in [0.2, 0.25) is 0 Å². The SMILES string of the molecule is Cc1ccc(-c2ccc(CCc3cc(N)nc(C)c3N)cc2)cc1F. The van der Waals surface area contributed by atoms with Gasteiger partial charge in [0.1, 0.15) is 11.6 Å². The molecule has 0 aliphatic heterocycles. The fourth-order valence-electron chi connectivity index (χ4n) is 2.90. The number of pyridine rings is 1. The molecule has 0 fully saturated rings. The third-order valence-corrected chi connectivity index (χ3v) is 4.50. The summed E-state index contributed by atoms with van der Waals surface area (Å²) in [7, 11) is 0. The van der Waals surface area contributed by atoms with Crippen molar-refractivity contribution in [2.45, 2.75) is 26.7 Å². The topological polar surface area (TPSA) is 64.9 Å². The number of benzene rings is 2. The van der Waals surface area contributed by atoms with E-state index in [0.29, 0.717) is 17.1 Å². The predicted octanol–water partition coefficient (Wildman–Crippen LogP) is 4.45. The van der Waals surface area contributed by atoms with Gasteiger partial charge in [0, 0.05) is 0 Å². The van der Waals surface area contributed by atoms with Gasteiger partial charge in [0.15, 0.2) is 0 Å². The van der Waals surface area contributed by atoms with E-state index in [9.17, 15) is 4.39 Å². The first-order valence-electron chi connectivity index (χ1n) is 8.31. The Bertz CT molecular complexity index is 902. The Morgan fingerprint density at radius 3 is 2.24 bits per heavy atom. The average Bonchev–Trinajstić information content (AvgIpc) is 2.60. The Kier molecular flexibility index (Phi) is 4.70. The molecule has 0 amide bonds. The van der Waals surface area contributed by atoms with E-state index in [1.165, 1.54) is 5.56 Å². The van der Waals surface area contributed by atoms with Crippen LogP contribution < -0.4 is 11.5 Å². The second kappa shape index (κ2) is 6.93. The zero-order chi connectivity index (χ0) is 18.0. The lowest BCUT2D eigenvalue weighted by atomic mass is 9.99. The van der Waals surface area contributed by atoms with Crippen molar-refractivity contribution in [2.75, 3.05) is 11.5 Å². The van der Waals surface area contributed by atoms with Gasteiger partial charge in [-0.15, -0.1) is 0 Å². The highest BCUT2D eigenvalue weighted by molar-refractivity contribution is 5.64. The van der Waals surface area contributed by atoms with Crippen molar-refractivity contribution in [1.29, 1.82) is 0 Å². The lowest BCUT2D eigenvalue weighted by Crippen LogP contribution is -2.04. The van der Waals surface area contributed by atoms with Crippen LogP contribution in [0.15, 0.2) is 48.5 Å². The van der Waals surface area contributed by atoms with Crippen molar-refractivity contribution >= 4 is 11.5 Å². The third kappa shape index (κ3) is 3.79. The molecule has 0 radical (unpaired) electrons. The van der Waals surface area contributed by atoms with Crippen LogP contribution in [0.5, 0.6) is 0 Å². The highest BCUT2D eigenvalue weighted by atomic mass is 19.1. The van der Waals surface area contributed by atoms with Crippen molar-refractivity contribution in [3.05, 3.63) is 76.7 Å². The van der Waals surface area contributed by atoms with E-state index in [1.54, 1.807) is 19.1 Å². The molecule has 25 heavy (non-hydrogen) atoms. The van der Waals surface area contributed by atoms with Crippen LogP contribution in [0.3, 0.4) is 0 Å². The van der Waals surface area contributed by atoms with Crippen LogP contribution >= 0.6 is 0 Å². The fraction of sp³-hybridized carbons (Fsp3) is 0.190. The second-order valence-electron chi connectivity index (χ2n) is 6.37. The molecule has 128 valence electrons. The van der Waals surface area contributed by atoms with Gasteiger partial charge in [-0.1, -0.05) is 36.4 Å². The Morgan fingerprint density at radius 2 is 1.56 bits per heavy atom. The van der Waals surface area contributed by atoms with Crippen molar-refractivity contribution in [2.24, 2.45) is 0 Å². The average molecular weight is 335 g/mol. The molecule has 0 atom stereocenters. The Balaban J connectivity index is 1.74. The number of aromatic nitrogens is 1. The van der Waals surface area contributed by atoms with Crippen LogP contribution in [0.4, 0.5) is 15.9 Å². The highest BCUT2D eigenvalue weighted by Gasteiger charge is 2.07. The van der Waals surface area contributed by atoms with Gasteiger partial charge in [0.25, 0.3) is 0 Å². The van der Waals surface area contributed by atoms with Crippen molar-refractivity contribution < 1.29 is 4.39 Å². The molecule has 4 N–H and O–H groups in total. The van der Waals surface area contributed by atoms with E-state index in [0.717, 1.165) is 35.2 Å². The quantitative estimate of drug-likeness (QED) is 0.740. The van der Waals surface area contributed by atoms with E-state index in [-0.39, 0.29) is 5.82 Å². The molecule has 2 aromatic carbocycles. The summed E-state index contributed by atoms with van der Waals surface area (Å²) in [6.45, 7) is 3.63. The summed E-state index contributed by atoms with van der Waals surface area (Å²) in [6, 6.07) is 15.3. The minimum Gasteiger partial charge on any atom is -0.397 e. The molecular formula is C21H22FN3. The number of hydrogen-bond acceptors (Lipinski definition) is 3. The normalized spacial score (nSPS) is 10.8. The van der Waals surface area contributed by atoms with Gasteiger partial charge >= 0.3 is 0 Å². The van der Waals surface area contributed by atoms with Crippen LogP contribution in [-0.4, -0.2) is 4.98 Å². The van der Waals surface area contributed by atoms with E-state index < -0.39 is 0 Å². The summed E-state index contributed by atoms with van der Waals surface area (Å²) < 4.78 is 13.7. The molecule has 0 unspecified atom stereocenters. The lowest BCUT2D eigenvalue weighted by Gasteiger charge is -2.10. The van der Waals surface area contributed by atoms with Crippen molar-refractivity contribution in [3.8, 4) is 11.1 Å². The summed E-state index contributed by atoms with van der Waals surface area (Å²) in [5, 5.41) is 0. The zero-order valence-electron chi connectivity index (χ0n) is 14.5. The maximum absolute atomic E-state index is 13.7. The van der Waals surface area contributed by atoms with E-state index >= 15 is 0 Å². The first-order valence-corrected chi connectivity index (χ1v) is 8.31. The number of nitrogens with two attached hydrogens (primary N) is 2. The molecule has 0 spiro atoms. The first kappa shape index (κ1) is 17.0. The molecule has 3 aromatic rings. The minimum absolute atomic E-state index is 0.178. The second-order valence-corrected chi connectivity index (χ2v) is 6.37. The maximum atomic E-state index is 13.7. The van der Waals surface area contributed by atoms with Crippen molar-refractivity contribution in [3.63, 3.8) is 0 Å². The van der Waals surface area contributed by atoms with E-state index in [2.05, 4.69) is 17.1 Å². The molecule has 1 heterocycles. The molecule has 0 aliphatic carbocycles. The lowest BCUT2D eigenvalue weighted by molar-refractivity contribution is 0.619. The summed E-state index contributed by atoms with van der Waals surface area (Å²) in [4.78, 5) is 4.17. The molecule has 0 aliphatic rings. The molecule has 3 rings (SSSR count). The van der Waals surface area contributed by atoms with Crippen LogP contribution in [0, 0.1) is 19.7 Å². The largest absolute Gasteiger partial charge is 0.397 e. The first-order chi connectivity index (χ1) is 11.9. The molecule has 0 saturated heterocycles. The summed E-state index contributed by atoms with van der Waals surface area (Å²) in [5.41, 5.74) is 18.1. The number of nitrogens with zero attached hydrogens (tertiary/aromatic N) is 1. The van der Waals surface area contributed by atoms with Gasteiger partial charge in [-0.2, -0.15) is 0 Å². The molecule has 1 aromatic heterocycles. The standard InChI is InChI=1S/C21H22FN3/c1-13-3-7-17(11-19(13)22)16-8-4-15(5-9-16)6-10-18-12-20(23)25-14(2)21(18)24/h3-5,7-9,11-12H,6,10,24H2,1-2H3,(H2,23,25).